The SMILES string of the molecule is O=C1C[C@H]([C@@H]2C[C@H]3C(=O)N(c4ccccc4)C(=O)[C@H]3c3c2ncn3Cc2ccccc2)C(=O)N1c1ccccc1. The molecule has 0 spiro atoms. The first-order valence-electron chi connectivity index (χ1n) is 13.5. The van der Waals surface area contributed by atoms with E-state index in [2.05, 4.69) is 0 Å². The van der Waals surface area contributed by atoms with Crippen LogP contribution < -0.4 is 9.80 Å². The first-order chi connectivity index (χ1) is 19.5. The Morgan fingerprint density at radius 3 is 1.88 bits per heavy atom. The van der Waals surface area contributed by atoms with Crippen molar-refractivity contribution < 1.29 is 19.2 Å². The van der Waals surface area contributed by atoms with Crippen LogP contribution in [0, 0.1) is 11.8 Å². The fourth-order valence-corrected chi connectivity index (χ4v) is 6.60. The highest BCUT2D eigenvalue weighted by molar-refractivity contribution is 6.24. The van der Waals surface area contributed by atoms with Gasteiger partial charge in [0, 0.05) is 18.9 Å². The largest absolute Gasteiger partial charge is 0.329 e. The van der Waals surface area contributed by atoms with Crippen LogP contribution in [-0.2, 0) is 25.7 Å². The summed E-state index contributed by atoms with van der Waals surface area (Å²) in [6.07, 6.45) is 2.01. The van der Waals surface area contributed by atoms with Gasteiger partial charge in [0.2, 0.25) is 23.6 Å². The van der Waals surface area contributed by atoms with Crippen LogP contribution in [0.25, 0.3) is 0 Å². The Kier molecular flexibility index (Phi) is 5.70. The van der Waals surface area contributed by atoms with Crippen molar-refractivity contribution in [1.82, 2.24) is 9.55 Å². The second-order valence-corrected chi connectivity index (χ2v) is 10.6. The lowest BCUT2D eigenvalue weighted by Gasteiger charge is -2.32. The van der Waals surface area contributed by atoms with Crippen molar-refractivity contribution in [1.29, 1.82) is 0 Å². The van der Waals surface area contributed by atoms with Gasteiger partial charge in [-0.05, 0) is 36.2 Å². The second kappa shape index (κ2) is 9.41. The minimum absolute atomic E-state index is 0.0330. The molecule has 3 heterocycles. The van der Waals surface area contributed by atoms with Gasteiger partial charge in [-0.25, -0.2) is 9.88 Å². The molecule has 40 heavy (non-hydrogen) atoms. The van der Waals surface area contributed by atoms with Crippen LogP contribution in [0.2, 0.25) is 0 Å². The number of imidazole rings is 1. The number of carbonyl (C=O) groups excluding carboxylic acids is 4. The third-order valence-corrected chi connectivity index (χ3v) is 8.38. The summed E-state index contributed by atoms with van der Waals surface area (Å²) in [6, 6.07) is 27.7. The van der Waals surface area contributed by atoms with Gasteiger partial charge in [0.05, 0.1) is 46.8 Å². The number of nitrogens with zero attached hydrogens (tertiary/aromatic N) is 4. The van der Waals surface area contributed by atoms with Crippen molar-refractivity contribution in [2.45, 2.75) is 31.2 Å². The van der Waals surface area contributed by atoms with Gasteiger partial charge < -0.3 is 4.57 Å². The van der Waals surface area contributed by atoms with Gasteiger partial charge in [-0.2, -0.15) is 0 Å². The lowest BCUT2D eigenvalue weighted by Crippen LogP contribution is -2.35. The molecule has 1 aliphatic carbocycles. The summed E-state index contributed by atoms with van der Waals surface area (Å²) in [7, 11) is 0. The van der Waals surface area contributed by atoms with Crippen LogP contribution in [0.5, 0.6) is 0 Å². The molecule has 8 heteroatoms. The number of rotatable bonds is 5. The molecule has 1 aromatic heterocycles. The van der Waals surface area contributed by atoms with Crippen LogP contribution in [-0.4, -0.2) is 33.2 Å². The number of amides is 4. The molecule has 2 saturated heterocycles. The van der Waals surface area contributed by atoms with E-state index in [9.17, 15) is 19.2 Å². The zero-order valence-electron chi connectivity index (χ0n) is 21.6. The number of fused-ring (bicyclic) bond motifs is 3. The molecule has 2 aliphatic heterocycles. The van der Waals surface area contributed by atoms with Gasteiger partial charge in [0.25, 0.3) is 0 Å². The first kappa shape index (κ1) is 24.2. The highest BCUT2D eigenvalue weighted by atomic mass is 16.2. The molecule has 3 aromatic carbocycles. The number of anilines is 2. The van der Waals surface area contributed by atoms with Crippen molar-refractivity contribution in [3.05, 3.63) is 114 Å². The maximum absolute atomic E-state index is 13.9. The average Bonchev–Trinajstić information content (AvgIpc) is 3.61. The van der Waals surface area contributed by atoms with Gasteiger partial charge in [0.15, 0.2) is 0 Å². The number of hydrogen-bond acceptors (Lipinski definition) is 5. The van der Waals surface area contributed by atoms with Crippen molar-refractivity contribution in [3.63, 3.8) is 0 Å². The molecule has 2 fully saturated rings. The van der Waals surface area contributed by atoms with E-state index in [0.717, 1.165) is 5.56 Å². The summed E-state index contributed by atoms with van der Waals surface area (Å²) in [5, 5.41) is 0. The third kappa shape index (κ3) is 3.71. The predicted octanol–water partition coefficient (Wildman–Crippen LogP) is 4.27. The molecule has 198 valence electrons. The van der Waals surface area contributed by atoms with Crippen molar-refractivity contribution >= 4 is 35.0 Å². The molecule has 0 saturated carbocycles. The molecule has 3 aliphatic rings. The molecule has 4 atom stereocenters. The van der Waals surface area contributed by atoms with Gasteiger partial charge in [-0.15, -0.1) is 0 Å². The second-order valence-electron chi connectivity index (χ2n) is 10.6. The van der Waals surface area contributed by atoms with E-state index in [4.69, 9.17) is 4.98 Å². The predicted molar refractivity (Wildman–Crippen MR) is 147 cm³/mol. The standard InChI is InChI=1S/C32H26N4O4/c37-26-17-24(30(38)35(26)21-12-6-2-7-13-21)23-16-25-27(32(40)36(31(25)39)22-14-8-3-9-15-22)29-28(23)33-19-34(29)18-20-10-4-1-5-11-20/h1-15,19,23-25,27H,16-18H2/t23-,24+,25+,27+/m0/s1. The number of imide groups is 2. The molecule has 8 nitrogen and oxygen atoms in total. The van der Waals surface area contributed by atoms with Crippen LogP contribution in [0.15, 0.2) is 97.3 Å². The van der Waals surface area contributed by atoms with Gasteiger partial charge >= 0.3 is 0 Å². The minimum Gasteiger partial charge on any atom is -0.329 e. The smallest absolute Gasteiger partial charge is 0.243 e. The van der Waals surface area contributed by atoms with Gasteiger partial charge in [-0.1, -0.05) is 66.7 Å². The van der Waals surface area contributed by atoms with Crippen LogP contribution in [0.4, 0.5) is 11.4 Å². The number of para-hydroxylation sites is 2. The third-order valence-electron chi connectivity index (χ3n) is 8.38. The number of carbonyl (C=O) groups is 4. The minimum atomic E-state index is -0.706. The maximum Gasteiger partial charge on any atom is 0.243 e. The Morgan fingerprint density at radius 2 is 1.23 bits per heavy atom. The summed E-state index contributed by atoms with van der Waals surface area (Å²) in [4.78, 5) is 61.9. The van der Waals surface area contributed by atoms with E-state index < -0.39 is 23.7 Å². The highest BCUT2D eigenvalue weighted by Gasteiger charge is 2.57. The first-order valence-corrected chi connectivity index (χ1v) is 13.5. The van der Waals surface area contributed by atoms with E-state index in [1.165, 1.54) is 9.80 Å². The molecule has 7 rings (SSSR count). The fraction of sp³-hybridized carbons (Fsp3) is 0.219. The fourth-order valence-electron chi connectivity index (χ4n) is 6.60. The summed E-state index contributed by atoms with van der Waals surface area (Å²) >= 11 is 0. The molecule has 4 aromatic rings. The Bertz CT molecular complexity index is 1630. The topological polar surface area (TPSA) is 92.6 Å². The number of benzene rings is 3. The quantitative estimate of drug-likeness (QED) is 0.360. The molecule has 0 unspecified atom stereocenters. The number of hydrogen-bond donors (Lipinski definition) is 0. The monoisotopic (exact) mass is 530 g/mol. The zero-order valence-corrected chi connectivity index (χ0v) is 21.6. The van der Waals surface area contributed by atoms with E-state index in [-0.39, 0.29) is 36.5 Å². The summed E-state index contributed by atoms with van der Waals surface area (Å²) in [6.45, 7) is 0.472. The zero-order chi connectivity index (χ0) is 27.4. The molecular weight excluding hydrogens is 504 g/mol. The molecule has 4 amide bonds. The summed E-state index contributed by atoms with van der Waals surface area (Å²) < 4.78 is 1.93. The lowest BCUT2D eigenvalue weighted by atomic mass is 9.70. The summed E-state index contributed by atoms with van der Waals surface area (Å²) in [5.41, 5.74) is 3.39. The van der Waals surface area contributed by atoms with Crippen molar-refractivity contribution in [2.75, 3.05) is 9.80 Å². The lowest BCUT2D eigenvalue weighted by molar-refractivity contribution is -0.125. The van der Waals surface area contributed by atoms with Crippen LogP contribution >= 0.6 is 0 Å². The van der Waals surface area contributed by atoms with Crippen molar-refractivity contribution in [3.8, 4) is 0 Å². The van der Waals surface area contributed by atoms with Crippen LogP contribution in [0.3, 0.4) is 0 Å². The average molecular weight is 531 g/mol. The van der Waals surface area contributed by atoms with E-state index in [1.54, 1.807) is 54.9 Å². The van der Waals surface area contributed by atoms with E-state index >= 15 is 0 Å². The molecule has 0 radical (unpaired) electrons. The Morgan fingerprint density at radius 1 is 0.650 bits per heavy atom. The summed E-state index contributed by atoms with van der Waals surface area (Å²) in [5.74, 6) is -3.61. The van der Waals surface area contributed by atoms with E-state index in [1.807, 2.05) is 47.0 Å². The maximum atomic E-state index is 13.9. The van der Waals surface area contributed by atoms with Gasteiger partial charge in [-0.3, -0.25) is 24.1 Å². The molecule has 0 N–H and O–H groups in total. The van der Waals surface area contributed by atoms with E-state index in [0.29, 0.717) is 29.3 Å². The molecule has 0 bridgehead atoms. The Balaban J connectivity index is 1.32. The Hall–Kier alpha value is -4.85. The normalized spacial score (nSPS) is 24.0. The van der Waals surface area contributed by atoms with Crippen molar-refractivity contribution in [2.24, 2.45) is 11.8 Å². The number of aromatic nitrogens is 2. The Labute approximate surface area is 230 Å². The van der Waals surface area contributed by atoms with Gasteiger partial charge in [0.1, 0.15) is 0 Å². The highest BCUT2D eigenvalue weighted by Crippen LogP contribution is 2.52. The molecular formula is C32H26N4O4. The van der Waals surface area contributed by atoms with Crippen LogP contribution in [0.1, 0.15) is 41.6 Å².